The van der Waals surface area contributed by atoms with Gasteiger partial charge in [-0.2, -0.15) is 11.8 Å². The Morgan fingerprint density at radius 3 is 2.64 bits per heavy atom. The Morgan fingerprint density at radius 1 is 1.55 bits per heavy atom. The third kappa shape index (κ3) is 7.72. The molecule has 0 fully saturated rings. The second-order valence-electron chi connectivity index (χ2n) is 2.49. The molecule has 0 aliphatic heterocycles. The van der Waals surface area contributed by atoms with Gasteiger partial charge in [0, 0.05) is 12.2 Å². The summed E-state index contributed by atoms with van der Waals surface area (Å²) in [6.07, 6.45) is 0.479. The van der Waals surface area contributed by atoms with E-state index in [1.54, 1.807) is 18.7 Å². The molecule has 0 heterocycles. The maximum Gasteiger partial charge on any atom is 0.305 e. The summed E-state index contributed by atoms with van der Waals surface area (Å²) in [5, 5.41) is 0.621. The number of hydrogen-bond donors (Lipinski definition) is 0. The lowest BCUT2D eigenvalue weighted by molar-refractivity contribution is -0.142. The summed E-state index contributed by atoms with van der Waals surface area (Å²) < 4.78 is 4.88. The highest BCUT2D eigenvalue weighted by Crippen LogP contribution is 2.07. The monoisotopic (exact) mass is 176 g/mol. The molecule has 0 atom stereocenters. The molecule has 0 aromatic heterocycles. The molecule has 0 spiro atoms. The highest BCUT2D eigenvalue weighted by molar-refractivity contribution is 7.99. The first-order valence-corrected chi connectivity index (χ1v) is 4.99. The van der Waals surface area contributed by atoms with E-state index in [1.807, 2.05) is 0 Å². The van der Waals surface area contributed by atoms with Gasteiger partial charge in [0.1, 0.15) is 6.61 Å². The average molecular weight is 176 g/mol. The van der Waals surface area contributed by atoms with E-state index in [-0.39, 0.29) is 5.97 Å². The SMILES string of the molecule is CCC(=O)OCCSC(C)C. The van der Waals surface area contributed by atoms with Gasteiger partial charge >= 0.3 is 5.97 Å². The first kappa shape index (κ1) is 10.8. The minimum Gasteiger partial charge on any atom is -0.465 e. The molecule has 0 unspecified atom stereocenters. The van der Waals surface area contributed by atoms with Crippen molar-refractivity contribution < 1.29 is 9.53 Å². The van der Waals surface area contributed by atoms with Crippen LogP contribution >= 0.6 is 11.8 Å². The van der Waals surface area contributed by atoms with Crippen molar-refractivity contribution in [1.82, 2.24) is 0 Å². The maximum atomic E-state index is 10.6. The number of carbonyl (C=O) groups excluding carboxylic acids is 1. The van der Waals surface area contributed by atoms with Gasteiger partial charge in [-0.05, 0) is 5.25 Å². The first-order valence-electron chi connectivity index (χ1n) is 3.94. The van der Waals surface area contributed by atoms with Gasteiger partial charge in [-0.1, -0.05) is 20.8 Å². The van der Waals surface area contributed by atoms with Gasteiger partial charge in [-0.25, -0.2) is 0 Å². The molecule has 0 amide bonds. The molecule has 0 N–H and O–H groups in total. The summed E-state index contributed by atoms with van der Waals surface area (Å²) in [6, 6.07) is 0. The molecule has 0 aromatic carbocycles. The van der Waals surface area contributed by atoms with Crippen LogP contribution in [0.5, 0.6) is 0 Å². The second kappa shape index (κ2) is 6.53. The molecule has 0 saturated heterocycles. The molecule has 0 saturated carbocycles. The Labute approximate surface area is 72.7 Å². The molecule has 0 bridgehead atoms. The first-order chi connectivity index (χ1) is 5.16. The van der Waals surface area contributed by atoms with Gasteiger partial charge in [0.15, 0.2) is 0 Å². The topological polar surface area (TPSA) is 26.3 Å². The zero-order chi connectivity index (χ0) is 8.69. The van der Waals surface area contributed by atoms with E-state index < -0.39 is 0 Å². The van der Waals surface area contributed by atoms with Gasteiger partial charge in [-0.3, -0.25) is 4.79 Å². The van der Waals surface area contributed by atoms with Crippen LogP contribution in [0.2, 0.25) is 0 Å². The van der Waals surface area contributed by atoms with E-state index in [0.717, 1.165) is 5.75 Å². The normalized spacial score (nSPS) is 10.2. The number of hydrogen-bond acceptors (Lipinski definition) is 3. The predicted octanol–water partition coefficient (Wildman–Crippen LogP) is 2.08. The number of carbonyl (C=O) groups is 1. The Morgan fingerprint density at radius 2 is 2.18 bits per heavy atom. The molecule has 0 aliphatic carbocycles. The van der Waals surface area contributed by atoms with Crippen molar-refractivity contribution in [1.29, 1.82) is 0 Å². The van der Waals surface area contributed by atoms with Crippen LogP contribution in [0.1, 0.15) is 27.2 Å². The van der Waals surface area contributed by atoms with Crippen LogP contribution < -0.4 is 0 Å². The highest BCUT2D eigenvalue weighted by atomic mass is 32.2. The van der Waals surface area contributed by atoms with E-state index in [1.165, 1.54) is 0 Å². The zero-order valence-electron chi connectivity index (χ0n) is 7.42. The highest BCUT2D eigenvalue weighted by Gasteiger charge is 1.98. The van der Waals surface area contributed by atoms with E-state index >= 15 is 0 Å². The minimum atomic E-state index is -0.102. The number of thioether (sulfide) groups is 1. The van der Waals surface area contributed by atoms with Crippen molar-refractivity contribution in [3.05, 3.63) is 0 Å². The third-order valence-electron chi connectivity index (χ3n) is 1.09. The number of rotatable bonds is 5. The Bertz CT molecular complexity index is 113. The van der Waals surface area contributed by atoms with Crippen LogP contribution in [0.3, 0.4) is 0 Å². The lowest BCUT2D eigenvalue weighted by atomic mass is 10.5. The minimum absolute atomic E-state index is 0.102. The van der Waals surface area contributed by atoms with E-state index in [4.69, 9.17) is 4.74 Å². The lowest BCUT2D eigenvalue weighted by Crippen LogP contribution is -2.06. The van der Waals surface area contributed by atoms with Crippen LogP contribution in [-0.2, 0) is 9.53 Å². The van der Waals surface area contributed by atoms with Gasteiger partial charge in [0.2, 0.25) is 0 Å². The van der Waals surface area contributed by atoms with Gasteiger partial charge in [0.25, 0.3) is 0 Å². The van der Waals surface area contributed by atoms with Crippen molar-refractivity contribution in [3.63, 3.8) is 0 Å². The van der Waals surface area contributed by atoms with Crippen LogP contribution in [0.4, 0.5) is 0 Å². The molecule has 0 aliphatic rings. The van der Waals surface area contributed by atoms with Crippen LogP contribution in [-0.4, -0.2) is 23.6 Å². The fourth-order valence-corrected chi connectivity index (χ4v) is 1.19. The van der Waals surface area contributed by atoms with Gasteiger partial charge in [0.05, 0.1) is 0 Å². The zero-order valence-corrected chi connectivity index (χ0v) is 8.24. The standard InChI is InChI=1S/C8H16O2S/c1-4-8(9)10-5-6-11-7(2)3/h7H,4-6H2,1-3H3. The fourth-order valence-electron chi connectivity index (χ4n) is 0.541. The van der Waals surface area contributed by atoms with Crippen molar-refractivity contribution >= 4 is 17.7 Å². The van der Waals surface area contributed by atoms with Gasteiger partial charge < -0.3 is 4.74 Å². The smallest absolute Gasteiger partial charge is 0.305 e. The number of esters is 1. The summed E-state index contributed by atoms with van der Waals surface area (Å²) in [4.78, 5) is 10.6. The van der Waals surface area contributed by atoms with Crippen LogP contribution in [0.15, 0.2) is 0 Å². The summed E-state index contributed by atoms with van der Waals surface area (Å²) in [6.45, 7) is 6.62. The molecule has 2 nitrogen and oxygen atoms in total. The Hall–Kier alpha value is -0.180. The molecular weight excluding hydrogens is 160 g/mol. The lowest BCUT2D eigenvalue weighted by Gasteiger charge is -2.04. The second-order valence-corrected chi connectivity index (χ2v) is 4.18. The molecule has 3 heteroatoms. The molecule has 11 heavy (non-hydrogen) atoms. The number of ether oxygens (including phenoxy) is 1. The summed E-state index contributed by atoms with van der Waals surface area (Å²) >= 11 is 1.81. The van der Waals surface area contributed by atoms with Crippen molar-refractivity contribution in [3.8, 4) is 0 Å². The van der Waals surface area contributed by atoms with E-state index in [9.17, 15) is 4.79 Å². The van der Waals surface area contributed by atoms with Crippen molar-refractivity contribution in [2.24, 2.45) is 0 Å². The molecule has 0 aromatic rings. The molecular formula is C8H16O2S. The van der Waals surface area contributed by atoms with E-state index in [2.05, 4.69) is 13.8 Å². The summed E-state index contributed by atoms with van der Waals surface area (Å²) in [7, 11) is 0. The predicted molar refractivity (Wildman–Crippen MR) is 48.8 cm³/mol. The fraction of sp³-hybridized carbons (Fsp3) is 0.875. The molecule has 0 radical (unpaired) electrons. The van der Waals surface area contributed by atoms with Crippen LogP contribution in [0.25, 0.3) is 0 Å². The van der Waals surface area contributed by atoms with Crippen LogP contribution in [0, 0.1) is 0 Å². The van der Waals surface area contributed by atoms with Crippen molar-refractivity contribution in [2.75, 3.05) is 12.4 Å². The quantitative estimate of drug-likeness (QED) is 0.474. The average Bonchev–Trinajstić information content (AvgIpc) is 1.97. The van der Waals surface area contributed by atoms with Crippen molar-refractivity contribution in [2.45, 2.75) is 32.4 Å². The molecule has 66 valence electrons. The van der Waals surface area contributed by atoms with E-state index in [0.29, 0.717) is 18.3 Å². The Balaban J connectivity index is 3.08. The third-order valence-corrected chi connectivity index (χ3v) is 2.16. The maximum absolute atomic E-state index is 10.6. The summed E-state index contributed by atoms with van der Waals surface area (Å²) in [5.41, 5.74) is 0. The van der Waals surface area contributed by atoms with Gasteiger partial charge in [-0.15, -0.1) is 0 Å². The summed E-state index contributed by atoms with van der Waals surface area (Å²) in [5.74, 6) is 0.804. The largest absolute Gasteiger partial charge is 0.465 e. The Kier molecular flexibility index (Phi) is 6.42. The molecule has 0 rings (SSSR count).